The lowest BCUT2D eigenvalue weighted by atomic mass is 9.86. The molecule has 1 aromatic rings. The van der Waals surface area contributed by atoms with E-state index in [4.69, 9.17) is 21.6 Å². The summed E-state index contributed by atoms with van der Waals surface area (Å²) in [4.78, 5) is 0. The third-order valence-electron chi connectivity index (χ3n) is 2.13. The molecule has 14 heavy (non-hydrogen) atoms. The van der Waals surface area contributed by atoms with Gasteiger partial charge in [-0.3, -0.25) is 0 Å². The smallest absolute Gasteiger partial charge is 0.119 e. The zero-order valence-electron chi connectivity index (χ0n) is 8.47. The van der Waals surface area contributed by atoms with E-state index < -0.39 is 5.41 Å². The van der Waals surface area contributed by atoms with Crippen molar-refractivity contribution in [3.63, 3.8) is 0 Å². The van der Waals surface area contributed by atoms with E-state index in [1.807, 2.05) is 13.8 Å². The maximum Gasteiger partial charge on any atom is 0.119 e. The summed E-state index contributed by atoms with van der Waals surface area (Å²) in [6.07, 6.45) is 0. The summed E-state index contributed by atoms with van der Waals surface area (Å²) in [5, 5.41) is 9.58. The number of hydrogen-bond acceptors (Lipinski definition) is 2. The lowest BCUT2D eigenvalue weighted by molar-refractivity contribution is 0.413. The highest BCUT2D eigenvalue weighted by Gasteiger charge is 2.23. The van der Waals surface area contributed by atoms with E-state index in [2.05, 4.69) is 6.07 Å². The fraction of sp³-hybridized carbons (Fsp3) is 0.364. The third kappa shape index (κ3) is 2.00. The Morgan fingerprint density at radius 3 is 2.57 bits per heavy atom. The van der Waals surface area contributed by atoms with Crippen LogP contribution in [-0.2, 0) is 5.41 Å². The highest BCUT2D eigenvalue weighted by molar-refractivity contribution is 6.31. The van der Waals surface area contributed by atoms with Gasteiger partial charge in [-0.25, -0.2) is 0 Å². The summed E-state index contributed by atoms with van der Waals surface area (Å²) in [6, 6.07) is 7.53. The van der Waals surface area contributed by atoms with E-state index in [0.29, 0.717) is 10.8 Å². The summed E-state index contributed by atoms with van der Waals surface area (Å²) in [6.45, 7) is 3.65. The summed E-state index contributed by atoms with van der Waals surface area (Å²) in [7, 11) is 1.59. The van der Waals surface area contributed by atoms with Crippen LogP contribution < -0.4 is 4.74 Å². The van der Waals surface area contributed by atoms with Crippen molar-refractivity contribution in [2.75, 3.05) is 7.11 Å². The first-order valence-corrected chi connectivity index (χ1v) is 4.64. The molecule has 0 heterocycles. The average Bonchev–Trinajstić information content (AvgIpc) is 2.18. The van der Waals surface area contributed by atoms with Gasteiger partial charge < -0.3 is 4.74 Å². The summed E-state index contributed by atoms with van der Waals surface area (Å²) >= 11 is 6.01. The molecular formula is C11H12ClNO. The number of nitrogens with zero attached hydrogens (tertiary/aromatic N) is 1. The Balaban J connectivity index is 3.27. The van der Waals surface area contributed by atoms with Crippen molar-refractivity contribution in [2.45, 2.75) is 19.3 Å². The minimum absolute atomic E-state index is 0.592. The van der Waals surface area contributed by atoms with E-state index in [0.717, 1.165) is 5.56 Å². The maximum atomic E-state index is 8.99. The molecular weight excluding hydrogens is 198 g/mol. The number of methoxy groups -OCH3 is 1. The number of hydrogen-bond donors (Lipinski definition) is 0. The van der Waals surface area contributed by atoms with E-state index in [1.165, 1.54) is 0 Å². The first-order valence-electron chi connectivity index (χ1n) is 4.26. The normalized spacial score (nSPS) is 10.8. The van der Waals surface area contributed by atoms with Crippen molar-refractivity contribution in [3.8, 4) is 11.8 Å². The molecule has 0 amide bonds. The second kappa shape index (κ2) is 3.89. The molecule has 0 atom stereocenters. The Kier molecular flexibility index (Phi) is 3.03. The van der Waals surface area contributed by atoms with Crippen LogP contribution in [0.2, 0.25) is 5.02 Å². The van der Waals surface area contributed by atoms with Crippen molar-refractivity contribution < 1.29 is 4.74 Å². The molecule has 1 aromatic carbocycles. The molecule has 0 N–H and O–H groups in total. The van der Waals surface area contributed by atoms with Gasteiger partial charge in [-0.05, 0) is 37.6 Å². The highest BCUT2D eigenvalue weighted by atomic mass is 35.5. The van der Waals surface area contributed by atoms with Gasteiger partial charge >= 0.3 is 0 Å². The van der Waals surface area contributed by atoms with Crippen LogP contribution in [0.4, 0.5) is 0 Å². The molecule has 0 saturated heterocycles. The third-order valence-corrected chi connectivity index (χ3v) is 2.46. The molecule has 1 rings (SSSR count). The summed E-state index contributed by atoms with van der Waals surface area (Å²) in [5.74, 6) is 0.715. The first-order chi connectivity index (χ1) is 6.51. The lowest BCUT2D eigenvalue weighted by Crippen LogP contribution is -2.14. The molecule has 0 aliphatic carbocycles. The molecule has 0 aromatic heterocycles. The number of benzene rings is 1. The average molecular weight is 210 g/mol. The van der Waals surface area contributed by atoms with E-state index >= 15 is 0 Å². The summed E-state index contributed by atoms with van der Waals surface area (Å²) in [5.41, 5.74) is 0.201. The van der Waals surface area contributed by atoms with E-state index in [9.17, 15) is 0 Å². The quantitative estimate of drug-likeness (QED) is 0.750. The van der Waals surface area contributed by atoms with Crippen molar-refractivity contribution in [2.24, 2.45) is 0 Å². The van der Waals surface area contributed by atoms with Crippen molar-refractivity contribution in [3.05, 3.63) is 28.8 Å². The molecule has 0 radical (unpaired) electrons. The Morgan fingerprint density at radius 1 is 1.43 bits per heavy atom. The van der Waals surface area contributed by atoms with Gasteiger partial charge in [0.2, 0.25) is 0 Å². The van der Waals surface area contributed by atoms with Crippen molar-refractivity contribution in [1.82, 2.24) is 0 Å². The standard InChI is InChI=1S/C11H12ClNO/c1-11(2,7-13)9-6-8(14-3)4-5-10(9)12/h4-6H,1-3H3. The van der Waals surface area contributed by atoms with Gasteiger partial charge in [-0.1, -0.05) is 11.6 Å². The monoisotopic (exact) mass is 209 g/mol. The zero-order valence-corrected chi connectivity index (χ0v) is 9.22. The molecule has 0 spiro atoms. The van der Waals surface area contributed by atoms with Crippen LogP contribution in [0.1, 0.15) is 19.4 Å². The number of ether oxygens (including phenoxy) is 1. The van der Waals surface area contributed by atoms with Gasteiger partial charge in [0.25, 0.3) is 0 Å². The molecule has 0 fully saturated rings. The minimum atomic E-state index is -0.592. The minimum Gasteiger partial charge on any atom is -0.497 e. The molecule has 0 unspecified atom stereocenters. The predicted molar refractivity (Wildman–Crippen MR) is 56.6 cm³/mol. The molecule has 3 heteroatoms. The summed E-state index contributed by atoms with van der Waals surface area (Å²) < 4.78 is 5.08. The van der Waals surface area contributed by atoms with Crippen LogP contribution in [0.25, 0.3) is 0 Å². The second-order valence-corrected chi connectivity index (χ2v) is 3.99. The van der Waals surface area contributed by atoms with Gasteiger partial charge in [-0.15, -0.1) is 0 Å². The largest absolute Gasteiger partial charge is 0.497 e. The van der Waals surface area contributed by atoms with Crippen molar-refractivity contribution in [1.29, 1.82) is 5.26 Å². The van der Waals surface area contributed by atoms with Gasteiger partial charge in [0.15, 0.2) is 0 Å². The van der Waals surface area contributed by atoms with Crippen LogP contribution >= 0.6 is 11.6 Å². The highest BCUT2D eigenvalue weighted by Crippen LogP contribution is 2.32. The van der Waals surface area contributed by atoms with Crippen molar-refractivity contribution >= 4 is 11.6 Å². The maximum absolute atomic E-state index is 8.99. The number of halogens is 1. The molecule has 2 nitrogen and oxygen atoms in total. The van der Waals surface area contributed by atoms with E-state index in [1.54, 1.807) is 25.3 Å². The number of nitriles is 1. The molecule has 0 bridgehead atoms. The predicted octanol–water partition coefficient (Wildman–Crippen LogP) is 3.15. The lowest BCUT2D eigenvalue weighted by Gasteiger charge is -2.18. The SMILES string of the molecule is COc1ccc(Cl)c(C(C)(C)C#N)c1. The fourth-order valence-corrected chi connectivity index (χ4v) is 1.52. The first kappa shape index (κ1) is 10.9. The Labute approximate surface area is 89.1 Å². The topological polar surface area (TPSA) is 33.0 Å². The van der Waals surface area contributed by atoms with Crippen LogP contribution in [0.15, 0.2) is 18.2 Å². The van der Waals surface area contributed by atoms with Gasteiger partial charge in [0, 0.05) is 5.02 Å². The van der Waals surface area contributed by atoms with E-state index in [-0.39, 0.29) is 0 Å². The fourth-order valence-electron chi connectivity index (χ4n) is 1.17. The molecule has 0 aliphatic rings. The van der Waals surface area contributed by atoms with Crippen LogP contribution in [-0.4, -0.2) is 7.11 Å². The Morgan fingerprint density at radius 2 is 2.07 bits per heavy atom. The zero-order chi connectivity index (χ0) is 10.8. The van der Waals surface area contributed by atoms with Gasteiger partial charge in [0.1, 0.15) is 5.75 Å². The van der Waals surface area contributed by atoms with Crippen LogP contribution in [0, 0.1) is 11.3 Å². The molecule has 0 saturated carbocycles. The van der Waals surface area contributed by atoms with Crippen LogP contribution in [0.5, 0.6) is 5.75 Å². The Hall–Kier alpha value is -1.20. The molecule has 0 aliphatic heterocycles. The second-order valence-electron chi connectivity index (χ2n) is 3.58. The van der Waals surface area contributed by atoms with Crippen LogP contribution in [0.3, 0.4) is 0 Å². The van der Waals surface area contributed by atoms with Gasteiger partial charge in [0.05, 0.1) is 18.6 Å². The van der Waals surface area contributed by atoms with Gasteiger partial charge in [-0.2, -0.15) is 5.26 Å². The Bertz CT molecular complexity index is 379. The number of rotatable bonds is 2. The molecule has 74 valence electrons.